The van der Waals surface area contributed by atoms with Gasteiger partial charge in [-0.2, -0.15) is 0 Å². The Morgan fingerprint density at radius 1 is 1.24 bits per heavy atom. The number of carbonyl (C=O) groups is 2. The molecule has 3 heterocycles. The number of anilines is 2. The van der Waals surface area contributed by atoms with Crippen molar-refractivity contribution in [3.8, 4) is 0 Å². The number of carbonyl (C=O) groups excluding carboxylic acids is 2. The van der Waals surface area contributed by atoms with E-state index < -0.39 is 0 Å². The summed E-state index contributed by atoms with van der Waals surface area (Å²) in [5.74, 6) is 2.84. The van der Waals surface area contributed by atoms with Gasteiger partial charge in [-0.15, -0.1) is 11.8 Å². The standard InChI is InChI=1S/C20H27N5O3S/c1-14-5-7-25(8-6-14)18-4-3-16(10-21-18)11-22-19(26)12-29-13-20(27)23-17-9-15(2)28-24-17/h3-4,9-10,14H,5-8,11-13H2,1-2H3,(H,22,26)(H,23,24,27). The molecule has 0 aromatic carbocycles. The van der Waals surface area contributed by atoms with Gasteiger partial charge in [0.25, 0.3) is 0 Å². The molecule has 0 radical (unpaired) electrons. The van der Waals surface area contributed by atoms with Crippen LogP contribution in [0.25, 0.3) is 0 Å². The Morgan fingerprint density at radius 3 is 2.66 bits per heavy atom. The van der Waals surface area contributed by atoms with Crippen LogP contribution >= 0.6 is 11.8 Å². The molecule has 0 spiro atoms. The number of rotatable bonds is 8. The second kappa shape index (κ2) is 10.3. The molecule has 156 valence electrons. The fourth-order valence-electron chi connectivity index (χ4n) is 3.04. The Balaban J connectivity index is 1.33. The van der Waals surface area contributed by atoms with Gasteiger partial charge >= 0.3 is 0 Å². The fraction of sp³-hybridized carbons (Fsp3) is 0.500. The molecular formula is C20H27N5O3S. The molecule has 9 heteroatoms. The maximum Gasteiger partial charge on any atom is 0.235 e. The molecule has 0 atom stereocenters. The molecule has 1 saturated heterocycles. The minimum Gasteiger partial charge on any atom is -0.360 e. The van der Waals surface area contributed by atoms with E-state index >= 15 is 0 Å². The number of pyridine rings is 1. The monoisotopic (exact) mass is 417 g/mol. The number of nitrogens with one attached hydrogen (secondary N) is 2. The van der Waals surface area contributed by atoms with Gasteiger partial charge < -0.3 is 20.1 Å². The van der Waals surface area contributed by atoms with Crippen LogP contribution in [0.3, 0.4) is 0 Å². The summed E-state index contributed by atoms with van der Waals surface area (Å²) in [6.07, 6.45) is 4.22. The summed E-state index contributed by atoms with van der Waals surface area (Å²) in [5.41, 5.74) is 0.955. The first kappa shape index (κ1) is 21.2. The second-order valence-corrected chi connectivity index (χ2v) is 8.32. The minimum absolute atomic E-state index is 0.117. The maximum absolute atomic E-state index is 12.0. The van der Waals surface area contributed by atoms with Gasteiger partial charge in [-0.05, 0) is 37.3 Å². The van der Waals surface area contributed by atoms with E-state index in [1.165, 1.54) is 24.6 Å². The third-order valence-electron chi connectivity index (χ3n) is 4.77. The first-order valence-corrected chi connectivity index (χ1v) is 10.9. The van der Waals surface area contributed by atoms with Crippen LogP contribution in [0.1, 0.15) is 31.1 Å². The normalized spacial score (nSPS) is 14.6. The first-order chi connectivity index (χ1) is 14.0. The Hall–Kier alpha value is -2.55. The predicted octanol–water partition coefficient (Wildman–Crippen LogP) is 2.60. The minimum atomic E-state index is -0.219. The smallest absolute Gasteiger partial charge is 0.235 e. The number of aryl methyl sites for hydroxylation is 1. The molecule has 1 aliphatic rings. The highest BCUT2D eigenvalue weighted by atomic mass is 32.2. The topological polar surface area (TPSA) is 100 Å². The van der Waals surface area contributed by atoms with Crippen LogP contribution in [-0.2, 0) is 16.1 Å². The molecule has 2 aromatic rings. The third kappa shape index (κ3) is 6.77. The van der Waals surface area contributed by atoms with E-state index in [4.69, 9.17) is 4.52 Å². The highest BCUT2D eigenvalue weighted by molar-refractivity contribution is 8.00. The Kier molecular flexibility index (Phi) is 7.51. The average Bonchev–Trinajstić information content (AvgIpc) is 3.12. The van der Waals surface area contributed by atoms with Crippen LogP contribution in [0.4, 0.5) is 11.6 Å². The Labute approximate surface area is 174 Å². The summed E-state index contributed by atoms with van der Waals surface area (Å²) in [6.45, 7) is 6.56. The molecule has 3 rings (SSSR count). The van der Waals surface area contributed by atoms with Crippen molar-refractivity contribution in [1.82, 2.24) is 15.5 Å². The van der Waals surface area contributed by atoms with Crippen molar-refractivity contribution in [2.75, 3.05) is 34.8 Å². The van der Waals surface area contributed by atoms with Gasteiger partial charge in [0.15, 0.2) is 5.82 Å². The van der Waals surface area contributed by atoms with Gasteiger partial charge in [-0.3, -0.25) is 9.59 Å². The van der Waals surface area contributed by atoms with Crippen LogP contribution in [0, 0.1) is 12.8 Å². The number of nitrogens with zero attached hydrogens (tertiary/aromatic N) is 3. The molecule has 0 unspecified atom stereocenters. The summed E-state index contributed by atoms with van der Waals surface area (Å²) >= 11 is 1.25. The van der Waals surface area contributed by atoms with E-state index in [2.05, 4.69) is 32.6 Å². The van der Waals surface area contributed by atoms with Crippen molar-refractivity contribution in [2.24, 2.45) is 5.92 Å². The zero-order chi connectivity index (χ0) is 20.6. The zero-order valence-corrected chi connectivity index (χ0v) is 17.6. The lowest BCUT2D eigenvalue weighted by atomic mass is 9.99. The van der Waals surface area contributed by atoms with Crippen LogP contribution in [0.15, 0.2) is 28.9 Å². The molecule has 2 amide bonds. The average molecular weight is 418 g/mol. The summed E-state index contributed by atoms with van der Waals surface area (Å²) in [5, 5.41) is 9.18. The number of thioether (sulfide) groups is 1. The lowest BCUT2D eigenvalue weighted by molar-refractivity contribution is -0.118. The van der Waals surface area contributed by atoms with Crippen molar-refractivity contribution < 1.29 is 14.1 Å². The van der Waals surface area contributed by atoms with Crippen molar-refractivity contribution in [3.63, 3.8) is 0 Å². The second-order valence-electron chi connectivity index (χ2n) is 7.33. The quantitative estimate of drug-likeness (QED) is 0.681. The van der Waals surface area contributed by atoms with Crippen LogP contribution in [0.2, 0.25) is 0 Å². The van der Waals surface area contributed by atoms with Gasteiger partial charge in [-0.1, -0.05) is 18.1 Å². The van der Waals surface area contributed by atoms with E-state index in [-0.39, 0.29) is 23.3 Å². The molecule has 29 heavy (non-hydrogen) atoms. The van der Waals surface area contributed by atoms with E-state index in [0.29, 0.717) is 18.1 Å². The van der Waals surface area contributed by atoms with E-state index in [1.807, 2.05) is 18.3 Å². The number of piperidine rings is 1. The number of aromatic nitrogens is 2. The highest BCUT2D eigenvalue weighted by Crippen LogP contribution is 2.21. The van der Waals surface area contributed by atoms with Gasteiger partial charge in [0.05, 0.1) is 11.5 Å². The van der Waals surface area contributed by atoms with Crippen molar-refractivity contribution in [1.29, 1.82) is 0 Å². The van der Waals surface area contributed by atoms with E-state index in [1.54, 1.807) is 13.0 Å². The summed E-state index contributed by atoms with van der Waals surface area (Å²) < 4.78 is 4.88. The fourth-order valence-corrected chi connectivity index (χ4v) is 3.69. The first-order valence-electron chi connectivity index (χ1n) is 9.77. The zero-order valence-electron chi connectivity index (χ0n) is 16.8. The largest absolute Gasteiger partial charge is 0.360 e. The van der Waals surface area contributed by atoms with Gasteiger partial charge in [-0.25, -0.2) is 4.98 Å². The molecule has 1 aliphatic heterocycles. The maximum atomic E-state index is 12.0. The molecular weight excluding hydrogens is 390 g/mol. The SMILES string of the molecule is Cc1cc(NC(=O)CSCC(=O)NCc2ccc(N3CCC(C)CC3)nc2)no1. The van der Waals surface area contributed by atoms with E-state index in [9.17, 15) is 9.59 Å². The van der Waals surface area contributed by atoms with Gasteiger partial charge in [0, 0.05) is 31.9 Å². The third-order valence-corrected chi connectivity index (χ3v) is 5.70. The van der Waals surface area contributed by atoms with Crippen LogP contribution in [-0.4, -0.2) is 46.6 Å². The number of hydrogen-bond donors (Lipinski definition) is 2. The molecule has 0 aliphatic carbocycles. The van der Waals surface area contributed by atoms with Crippen molar-refractivity contribution in [3.05, 3.63) is 35.7 Å². The molecule has 2 aromatic heterocycles. The summed E-state index contributed by atoms with van der Waals surface area (Å²) in [6, 6.07) is 5.66. The van der Waals surface area contributed by atoms with Crippen LogP contribution in [0.5, 0.6) is 0 Å². The van der Waals surface area contributed by atoms with Crippen molar-refractivity contribution >= 4 is 35.2 Å². The summed E-state index contributed by atoms with van der Waals surface area (Å²) in [4.78, 5) is 30.6. The molecule has 0 saturated carbocycles. The van der Waals surface area contributed by atoms with E-state index in [0.717, 1.165) is 30.4 Å². The Bertz CT molecular complexity index is 816. The van der Waals surface area contributed by atoms with Crippen LogP contribution < -0.4 is 15.5 Å². The number of hydrogen-bond acceptors (Lipinski definition) is 7. The van der Waals surface area contributed by atoms with Crippen molar-refractivity contribution in [2.45, 2.75) is 33.2 Å². The lowest BCUT2D eigenvalue weighted by Crippen LogP contribution is -2.33. The molecule has 8 nitrogen and oxygen atoms in total. The van der Waals surface area contributed by atoms with Gasteiger partial charge in [0.1, 0.15) is 11.6 Å². The lowest BCUT2D eigenvalue weighted by Gasteiger charge is -2.31. The predicted molar refractivity (Wildman–Crippen MR) is 114 cm³/mol. The molecule has 2 N–H and O–H groups in total. The molecule has 0 bridgehead atoms. The molecule has 1 fully saturated rings. The summed E-state index contributed by atoms with van der Waals surface area (Å²) in [7, 11) is 0. The Morgan fingerprint density at radius 2 is 2.00 bits per heavy atom. The highest BCUT2D eigenvalue weighted by Gasteiger charge is 2.16. The van der Waals surface area contributed by atoms with Gasteiger partial charge in [0.2, 0.25) is 11.8 Å². The number of amides is 2.